The van der Waals surface area contributed by atoms with Gasteiger partial charge in [-0.25, -0.2) is 22.8 Å². The maximum atomic E-state index is 14.6. The maximum absolute atomic E-state index is 14.6. The van der Waals surface area contributed by atoms with Gasteiger partial charge in [-0.1, -0.05) is 13.8 Å². The summed E-state index contributed by atoms with van der Waals surface area (Å²) in [6.07, 6.45) is 7.47. The molecule has 1 aromatic carbocycles. The molecule has 14 heteroatoms. The lowest BCUT2D eigenvalue weighted by atomic mass is 10.1. The fraction of sp³-hybridized carbons (Fsp3) is 0.172. The normalized spacial score (nSPS) is 12.7. The second kappa shape index (κ2) is 10.6. The maximum Gasteiger partial charge on any atom is 0.226 e. The number of rotatable bonds is 7. The molecule has 1 unspecified atom stereocenters. The van der Waals surface area contributed by atoms with Gasteiger partial charge >= 0.3 is 0 Å². The fourth-order valence-electron chi connectivity index (χ4n) is 4.61. The van der Waals surface area contributed by atoms with Crippen molar-refractivity contribution in [2.75, 3.05) is 11.6 Å². The lowest BCUT2D eigenvalue weighted by Crippen LogP contribution is -2.20. The number of nitrogens with two attached hydrogens (primary N) is 1. The third-order valence-electron chi connectivity index (χ3n) is 6.89. The number of imidazole rings is 1. The predicted octanol–water partition coefficient (Wildman–Crippen LogP) is 4.36. The Balaban J connectivity index is 1.41. The van der Waals surface area contributed by atoms with Crippen molar-refractivity contribution in [3.8, 4) is 33.9 Å². The van der Waals surface area contributed by atoms with Crippen LogP contribution in [-0.4, -0.2) is 55.7 Å². The lowest BCUT2D eigenvalue weighted by Gasteiger charge is -2.12. The quantitative estimate of drug-likeness (QED) is 0.207. The van der Waals surface area contributed by atoms with E-state index in [4.69, 9.17) is 10.7 Å². The summed E-state index contributed by atoms with van der Waals surface area (Å²) in [7, 11) is -3.67. The van der Waals surface area contributed by atoms with Gasteiger partial charge in [0.05, 0.1) is 28.5 Å². The number of hydrogen-bond acceptors (Lipinski definition) is 9. The average molecular weight is 600 g/mol. The third-order valence-corrected chi connectivity index (χ3v) is 8.08. The van der Waals surface area contributed by atoms with Gasteiger partial charge in [0.15, 0.2) is 21.3 Å². The summed E-state index contributed by atoms with van der Waals surface area (Å²) in [5.41, 5.74) is 10.8. The Morgan fingerprint density at radius 3 is 2.56 bits per heavy atom. The van der Waals surface area contributed by atoms with Crippen LogP contribution >= 0.6 is 0 Å². The summed E-state index contributed by atoms with van der Waals surface area (Å²) in [6, 6.07) is 9.27. The molecule has 6 aromatic rings. The number of aromatic amines is 2. The van der Waals surface area contributed by atoms with Crippen molar-refractivity contribution < 1.29 is 17.6 Å². The average Bonchev–Trinajstić information content (AvgIpc) is 3.59. The number of benzene rings is 1. The highest BCUT2D eigenvalue weighted by molar-refractivity contribution is 7.90. The van der Waals surface area contributed by atoms with Gasteiger partial charge in [-0.3, -0.25) is 19.9 Å². The van der Waals surface area contributed by atoms with E-state index in [0.717, 1.165) is 23.4 Å². The molecular formula is C29H26FN9O3S. The fourth-order valence-corrected chi connectivity index (χ4v) is 5.24. The molecule has 0 aliphatic carbocycles. The number of sulfone groups is 1. The molecule has 0 aliphatic rings. The molecule has 0 fully saturated rings. The second-order valence-corrected chi connectivity index (χ2v) is 12.6. The summed E-state index contributed by atoms with van der Waals surface area (Å²) in [6.45, 7) is 3.62. The van der Waals surface area contributed by atoms with Gasteiger partial charge in [-0.15, -0.1) is 0 Å². The molecule has 12 nitrogen and oxygen atoms in total. The van der Waals surface area contributed by atoms with E-state index in [2.05, 4.69) is 35.5 Å². The number of halogens is 1. The minimum Gasteiger partial charge on any atom is -0.336 e. The highest BCUT2D eigenvalue weighted by Crippen LogP contribution is 2.33. The Labute approximate surface area is 244 Å². The molecule has 0 radical (unpaired) electrons. The Morgan fingerprint density at radius 2 is 1.79 bits per heavy atom. The van der Waals surface area contributed by atoms with E-state index >= 15 is 0 Å². The van der Waals surface area contributed by atoms with Crippen LogP contribution in [0.3, 0.4) is 0 Å². The minimum absolute atomic E-state index is 0.103. The number of amides is 1. The van der Waals surface area contributed by atoms with Crippen molar-refractivity contribution in [1.29, 1.82) is 0 Å². The van der Waals surface area contributed by atoms with Gasteiger partial charge in [0.2, 0.25) is 5.91 Å². The Morgan fingerprint density at radius 1 is 1.00 bits per heavy atom. The van der Waals surface area contributed by atoms with Crippen LogP contribution in [0.4, 0.5) is 10.1 Å². The van der Waals surface area contributed by atoms with Gasteiger partial charge in [-0.05, 0) is 42.0 Å². The number of carbonyl (C=O) groups is 1. The SMILES string of the molecule is CC(C)C(=O)Nc1cncc(-c2cnc3[nH]nc(-c4nc5c(-c6cc(F)cc(C(N)S(C)(=O)=O)c6)nccc5[nH]4)c3c2)c1. The molecule has 218 valence electrons. The Bertz CT molecular complexity index is 2140. The molecule has 0 bridgehead atoms. The largest absolute Gasteiger partial charge is 0.336 e. The summed E-state index contributed by atoms with van der Waals surface area (Å²) < 4.78 is 38.7. The first-order valence-electron chi connectivity index (χ1n) is 13.2. The molecule has 0 saturated heterocycles. The van der Waals surface area contributed by atoms with Crippen LogP contribution in [0.2, 0.25) is 0 Å². The first kappa shape index (κ1) is 28.1. The smallest absolute Gasteiger partial charge is 0.226 e. The molecule has 43 heavy (non-hydrogen) atoms. The number of aromatic nitrogens is 7. The van der Waals surface area contributed by atoms with Crippen LogP contribution < -0.4 is 11.1 Å². The van der Waals surface area contributed by atoms with E-state index in [0.29, 0.717) is 50.5 Å². The zero-order valence-electron chi connectivity index (χ0n) is 23.3. The molecule has 0 aliphatic heterocycles. The number of anilines is 1. The minimum atomic E-state index is -3.67. The van der Waals surface area contributed by atoms with Crippen molar-refractivity contribution >= 4 is 43.5 Å². The van der Waals surface area contributed by atoms with Crippen LogP contribution in [0.15, 0.2) is 61.2 Å². The van der Waals surface area contributed by atoms with Crippen molar-refractivity contribution in [2.24, 2.45) is 11.7 Å². The van der Waals surface area contributed by atoms with Crippen LogP contribution in [0.25, 0.3) is 56.0 Å². The van der Waals surface area contributed by atoms with E-state index < -0.39 is 21.0 Å². The number of nitrogens with zero attached hydrogens (tertiary/aromatic N) is 5. The first-order valence-corrected chi connectivity index (χ1v) is 15.1. The highest BCUT2D eigenvalue weighted by Gasteiger charge is 2.22. The van der Waals surface area contributed by atoms with Gasteiger partial charge in [0, 0.05) is 47.5 Å². The zero-order chi connectivity index (χ0) is 30.5. The lowest BCUT2D eigenvalue weighted by molar-refractivity contribution is -0.118. The van der Waals surface area contributed by atoms with Gasteiger partial charge in [-0.2, -0.15) is 5.10 Å². The van der Waals surface area contributed by atoms with Crippen LogP contribution in [0, 0.1) is 11.7 Å². The van der Waals surface area contributed by atoms with E-state index in [1.165, 1.54) is 12.1 Å². The molecule has 6 rings (SSSR count). The summed E-state index contributed by atoms with van der Waals surface area (Å²) in [5.74, 6) is -0.533. The van der Waals surface area contributed by atoms with Crippen molar-refractivity contribution in [3.63, 3.8) is 0 Å². The van der Waals surface area contributed by atoms with Crippen molar-refractivity contribution in [2.45, 2.75) is 19.2 Å². The summed E-state index contributed by atoms with van der Waals surface area (Å²) >= 11 is 0. The summed E-state index contributed by atoms with van der Waals surface area (Å²) in [4.78, 5) is 33.3. The Kier molecular flexibility index (Phi) is 6.94. The highest BCUT2D eigenvalue weighted by atomic mass is 32.2. The molecule has 5 heterocycles. The number of fused-ring (bicyclic) bond motifs is 2. The standard InChI is InChI=1S/C29H26FN9O3S/c1-14(2)29(40)35-20-9-17(11-32-13-20)18-10-21-24(38-39-27(21)34-12-18)28-36-22-4-5-33-23(25(22)37-28)15-6-16(8-19(30)7-15)26(31)43(3,41)42/h4-14,26H,31H2,1-3H3,(H,35,40)(H,36,37)(H,34,38,39). The molecule has 1 atom stereocenters. The van der Waals surface area contributed by atoms with E-state index in [1.54, 1.807) is 30.9 Å². The van der Waals surface area contributed by atoms with Crippen LogP contribution in [-0.2, 0) is 14.6 Å². The van der Waals surface area contributed by atoms with Crippen LogP contribution in [0.5, 0.6) is 0 Å². The monoisotopic (exact) mass is 599 g/mol. The van der Waals surface area contributed by atoms with E-state index in [1.807, 2.05) is 26.0 Å². The second-order valence-electron chi connectivity index (χ2n) is 10.5. The van der Waals surface area contributed by atoms with E-state index in [-0.39, 0.29) is 17.4 Å². The van der Waals surface area contributed by atoms with Gasteiger partial charge in [0.1, 0.15) is 22.4 Å². The molecule has 0 saturated carbocycles. The molecule has 0 spiro atoms. The number of H-pyrrole nitrogens is 2. The third kappa shape index (κ3) is 5.45. The molecule has 5 aromatic heterocycles. The van der Waals surface area contributed by atoms with Crippen molar-refractivity contribution in [1.82, 2.24) is 35.1 Å². The number of nitrogens with one attached hydrogen (secondary N) is 3. The van der Waals surface area contributed by atoms with Gasteiger partial charge in [0.25, 0.3) is 0 Å². The zero-order valence-corrected chi connectivity index (χ0v) is 24.1. The van der Waals surface area contributed by atoms with Gasteiger partial charge < -0.3 is 16.0 Å². The number of hydrogen-bond donors (Lipinski definition) is 4. The van der Waals surface area contributed by atoms with Crippen molar-refractivity contribution in [3.05, 3.63) is 72.6 Å². The van der Waals surface area contributed by atoms with Crippen LogP contribution in [0.1, 0.15) is 24.8 Å². The summed E-state index contributed by atoms with van der Waals surface area (Å²) in [5, 5.41) is 9.49. The molecule has 5 N–H and O–H groups in total. The predicted molar refractivity (Wildman–Crippen MR) is 161 cm³/mol. The molecular weight excluding hydrogens is 573 g/mol. The topological polar surface area (TPSA) is 185 Å². The number of pyridine rings is 3. The van der Waals surface area contributed by atoms with E-state index in [9.17, 15) is 17.6 Å². The molecule has 1 amide bonds. The Hall–Kier alpha value is -5.08. The number of carbonyl (C=O) groups excluding carboxylic acids is 1. The first-order chi connectivity index (χ1) is 20.5.